The SMILES string of the molecule is CC(C)N(Cc1noc(CN)n1)Cc1ccccc1F. The van der Waals surface area contributed by atoms with Crippen LogP contribution in [0.25, 0.3) is 0 Å². The van der Waals surface area contributed by atoms with Crippen molar-refractivity contribution in [3.63, 3.8) is 0 Å². The van der Waals surface area contributed by atoms with E-state index < -0.39 is 0 Å². The predicted molar refractivity (Wildman–Crippen MR) is 73.0 cm³/mol. The van der Waals surface area contributed by atoms with Gasteiger partial charge in [0.15, 0.2) is 5.82 Å². The molecule has 0 amide bonds. The van der Waals surface area contributed by atoms with Gasteiger partial charge in [0.1, 0.15) is 5.82 Å². The predicted octanol–water partition coefficient (Wildman–Crippen LogP) is 2.08. The molecule has 0 unspecified atom stereocenters. The Bertz CT molecular complexity index is 556. The molecule has 6 heteroatoms. The van der Waals surface area contributed by atoms with E-state index in [-0.39, 0.29) is 18.4 Å². The molecule has 1 heterocycles. The van der Waals surface area contributed by atoms with E-state index in [0.717, 1.165) is 0 Å². The Labute approximate surface area is 117 Å². The minimum atomic E-state index is -0.200. The third kappa shape index (κ3) is 3.61. The largest absolute Gasteiger partial charge is 0.338 e. The van der Waals surface area contributed by atoms with Crippen LogP contribution in [0.1, 0.15) is 31.1 Å². The van der Waals surface area contributed by atoms with Gasteiger partial charge >= 0.3 is 0 Å². The van der Waals surface area contributed by atoms with Crippen molar-refractivity contribution in [2.45, 2.75) is 39.5 Å². The Kier molecular flexibility index (Phi) is 4.81. The first-order valence-corrected chi connectivity index (χ1v) is 6.59. The Morgan fingerprint density at radius 3 is 2.65 bits per heavy atom. The summed E-state index contributed by atoms with van der Waals surface area (Å²) < 4.78 is 18.7. The first kappa shape index (κ1) is 14.6. The number of nitrogens with two attached hydrogens (primary N) is 1. The zero-order valence-electron chi connectivity index (χ0n) is 11.7. The van der Waals surface area contributed by atoms with Gasteiger partial charge in [-0.05, 0) is 19.9 Å². The van der Waals surface area contributed by atoms with Crippen molar-refractivity contribution >= 4 is 0 Å². The van der Waals surface area contributed by atoms with Crippen LogP contribution < -0.4 is 5.73 Å². The molecular formula is C14H19FN4O. The summed E-state index contributed by atoms with van der Waals surface area (Å²) in [5.41, 5.74) is 6.09. The van der Waals surface area contributed by atoms with Gasteiger partial charge in [-0.1, -0.05) is 23.4 Å². The molecular weight excluding hydrogens is 259 g/mol. The number of hydrogen-bond acceptors (Lipinski definition) is 5. The van der Waals surface area contributed by atoms with Gasteiger partial charge in [0.2, 0.25) is 5.89 Å². The Hall–Kier alpha value is -1.79. The molecule has 0 bridgehead atoms. The maximum absolute atomic E-state index is 13.7. The molecule has 2 N–H and O–H groups in total. The number of hydrogen-bond donors (Lipinski definition) is 1. The fraction of sp³-hybridized carbons (Fsp3) is 0.429. The fourth-order valence-corrected chi connectivity index (χ4v) is 1.89. The van der Waals surface area contributed by atoms with Crippen molar-refractivity contribution in [1.82, 2.24) is 15.0 Å². The molecule has 0 aliphatic heterocycles. The van der Waals surface area contributed by atoms with Crippen LogP contribution in [0.15, 0.2) is 28.8 Å². The molecule has 0 aliphatic carbocycles. The molecule has 2 aromatic rings. The van der Waals surface area contributed by atoms with Crippen LogP contribution in [-0.4, -0.2) is 21.1 Å². The fourth-order valence-electron chi connectivity index (χ4n) is 1.89. The summed E-state index contributed by atoms with van der Waals surface area (Å²) in [6.45, 7) is 5.31. The molecule has 0 radical (unpaired) electrons. The van der Waals surface area contributed by atoms with E-state index in [1.807, 2.05) is 19.9 Å². The molecule has 2 rings (SSSR count). The number of halogens is 1. The lowest BCUT2D eigenvalue weighted by Gasteiger charge is -2.25. The second-order valence-electron chi connectivity index (χ2n) is 4.90. The zero-order chi connectivity index (χ0) is 14.5. The van der Waals surface area contributed by atoms with E-state index in [2.05, 4.69) is 15.0 Å². The lowest BCUT2D eigenvalue weighted by atomic mass is 10.1. The highest BCUT2D eigenvalue weighted by Gasteiger charge is 2.16. The van der Waals surface area contributed by atoms with Crippen LogP contribution in [0, 0.1) is 5.82 Å². The quantitative estimate of drug-likeness (QED) is 0.876. The van der Waals surface area contributed by atoms with Crippen LogP contribution in [0.4, 0.5) is 4.39 Å². The number of nitrogens with zero attached hydrogens (tertiary/aromatic N) is 3. The molecule has 0 fully saturated rings. The van der Waals surface area contributed by atoms with Gasteiger partial charge in [0.05, 0.1) is 13.1 Å². The van der Waals surface area contributed by atoms with Gasteiger partial charge in [-0.25, -0.2) is 4.39 Å². The minimum absolute atomic E-state index is 0.200. The van der Waals surface area contributed by atoms with E-state index >= 15 is 0 Å². The van der Waals surface area contributed by atoms with Crippen molar-refractivity contribution < 1.29 is 8.91 Å². The van der Waals surface area contributed by atoms with Crippen molar-refractivity contribution in [3.05, 3.63) is 47.4 Å². The molecule has 20 heavy (non-hydrogen) atoms. The van der Waals surface area contributed by atoms with Crippen molar-refractivity contribution in [2.24, 2.45) is 5.73 Å². The van der Waals surface area contributed by atoms with Crippen LogP contribution in [-0.2, 0) is 19.6 Å². The molecule has 1 aromatic heterocycles. The van der Waals surface area contributed by atoms with Gasteiger partial charge in [-0.3, -0.25) is 4.90 Å². The summed E-state index contributed by atoms with van der Waals surface area (Å²) in [6.07, 6.45) is 0. The molecule has 1 aromatic carbocycles. The van der Waals surface area contributed by atoms with E-state index in [4.69, 9.17) is 10.3 Å². The number of benzene rings is 1. The lowest BCUT2D eigenvalue weighted by Crippen LogP contribution is -2.30. The molecule has 108 valence electrons. The standard InChI is InChI=1S/C14H19FN4O/c1-10(2)19(8-11-5-3-4-6-12(11)15)9-13-17-14(7-16)20-18-13/h3-6,10H,7-9,16H2,1-2H3. The minimum Gasteiger partial charge on any atom is -0.338 e. The second-order valence-corrected chi connectivity index (χ2v) is 4.90. The highest BCUT2D eigenvalue weighted by Crippen LogP contribution is 2.14. The third-order valence-corrected chi connectivity index (χ3v) is 3.09. The topological polar surface area (TPSA) is 68.2 Å². The van der Waals surface area contributed by atoms with Crippen molar-refractivity contribution in [1.29, 1.82) is 0 Å². The van der Waals surface area contributed by atoms with Gasteiger partial charge in [-0.2, -0.15) is 4.98 Å². The van der Waals surface area contributed by atoms with Crippen molar-refractivity contribution in [3.8, 4) is 0 Å². The van der Waals surface area contributed by atoms with Crippen LogP contribution >= 0.6 is 0 Å². The van der Waals surface area contributed by atoms with Crippen molar-refractivity contribution in [2.75, 3.05) is 0 Å². The van der Waals surface area contributed by atoms with Gasteiger partial charge in [0.25, 0.3) is 0 Å². The summed E-state index contributed by atoms with van der Waals surface area (Å²) in [4.78, 5) is 6.25. The number of aromatic nitrogens is 2. The molecule has 0 saturated heterocycles. The highest BCUT2D eigenvalue weighted by atomic mass is 19.1. The molecule has 0 aliphatic rings. The monoisotopic (exact) mass is 278 g/mol. The number of rotatable bonds is 6. The summed E-state index contributed by atoms with van der Waals surface area (Å²) in [5.74, 6) is 0.777. The summed E-state index contributed by atoms with van der Waals surface area (Å²) in [6, 6.07) is 7.00. The Morgan fingerprint density at radius 1 is 1.30 bits per heavy atom. The Morgan fingerprint density at radius 2 is 2.05 bits per heavy atom. The van der Waals surface area contributed by atoms with Crippen LogP contribution in [0.3, 0.4) is 0 Å². The van der Waals surface area contributed by atoms with Gasteiger partial charge in [0, 0.05) is 18.2 Å². The first-order valence-electron chi connectivity index (χ1n) is 6.59. The first-order chi connectivity index (χ1) is 9.60. The maximum Gasteiger partial charge on any atom is 0.240 e. The summed E-state index contributed by atoms with van der Waals surface area (Å²) in [5, 5.41) is 3.87. The van der Waals surface area contributed by atoms with E-state index in [1.54, 1.807) is 12.1 Å². The van der Waals surface area contributed by atoms with E-state index in [9.17, 15) is 4.39 Å². The summed E-state index contributed by atoms with van der Waals surface area (Å²) >= 11 is 0. The molecule has 0 spiro atoms. The van der Waals surface area contributed by atoms with Gasteiger partial charge in [-0.15, -0.1) is 0 Å². The van der Waals surface area contributed by atoms with E-state index in [1.165, 1.54) is 6.07 Å². The third-order valence-electron chi connectivity index (χ3n) is 3.09. The maximum atomic E-state index is 13.7. The average molecular weight is 278 g/mol. The highest BCUT2D eigenvalue weighted by molar-refractivity contribution is 5.17. The molecule has 5 nitrogen and oxygen atoms in total. The second kappa shape index (κ2) is 6.58. The Balaban J connectivity index is 2.09. The zero-order valence-corrected chi connectivity index (χ0v) is 11.7. The lowest BCUT2D eigenvalue weighted by molar-refractivity contribution is 0.193. The summed E-state index contributed by atoms with van der Waals surface area (Å²) in [7, 11) is 0. The van der Waals surface area contributed by atoms with E-state index in [0.29, 0.717) is 30.4 Å². The molecule has 0 saturated carbocycles. The van der Waals surface area contributed by atoms with Gasteiger partial charge < -0.3 is 10.3 Å². The molecule has 0 atom stereocenters. The smallest absolute Gasteiger partial charge is 0.240 e. The van der Waals surface area contributed by atoms with Crippen LogP contribution in [0.2, 0.25) is 0 Å². The average Bonchev–Trinajstić information content (AvgIpc) is 2.88. The van der Waals surface area contributed by atoms with Crippen LogP contribution in [0.5, 0.6) is 0 Å². The normalized spacial score (nSPS) is 11.5.